The third-order valence-corrected chi connectivity index (χ3v) is 2.61. The molecule has 0 aromatic carbocycles. The number of morpholine rings is 1. The van der Waals surface area contributed by atoms with Crippen LogP contribution in [0.4, 0.5) is 13.2 Å². The van der Waals surface area contributed by atoms with E-state index in [1.165, 1.54) is 0 Å². The van der Waals surface area contributed by atoms with E-state index in [0.717, 1.165) is 6.42 Å². The number of aliphatic hydroxyl groups excluding tert-OH is 1. The zero-order chi connectivity index (χ0) is 11.5. The van der Waals surface area contributed by atoms with Gasteiger partial charge in [0.25, 0.3) is 0 Å². The van der Waals surface area contributed by atoms with E-state index in [1.54, 1.807) is 4.90 Å². The van der Waals surface area contributed by atoms with Gasteiger partial charge >= 0.3 is 6.18 Å². The van der Waals surface area contributed by atoms with Gasteiger partial charge in [0.05, 0.1) is 13.2 Å². The van der Waals surface area contributed by atoms with Crippen molar-refractivity contribution in [3.63, 3.8) is 0 Å². The predicted molar refractivity (Wildman–Crippen MR) is 48.5 cm³/mol. The van der Waals surface area contributed by atoms with Crippen LogP contribution in [-0.4, -0.2) is 54.6 Å². The van der Waals surface area contributed by atoms with E-state index >= 15 is 0 Å². The van der Waals surface area contributed by atoms with Crippen molar-refractivity contribution in [1.29, 1.82) is 0 Å². The smallest absolute Gasteiger partial charge is 0.382 e. The number of hydrogen-bond donors (Lipinski definition) is 1. The Bertz CT molecular complexity index is 198. The average Bonchev–Trinajstić information content (AvgIpc) is 2.17. The van der Waals surface area contributed by atoms with Gasteiger partial charge in [-0.2, -0.15) is 13.2 Å². The summed E-state index contributed by atoms with van der Waals surface area (Å²) in [7, 11) is 0. The second-order valence-electron chi connectivity index (χ2n) is 3.69. The number of aliphatic hydroxyl groups is 1. The highest BCUT2D eigenvalue weighted by Gasteiger charge is 2.40. The van der Waals surface area contributed by atoms with Crippen LogP contribution in [0.1, 0.15) is 13.3 Å². The first-order chi connectivity index (χ1) is 6.95. The van der Waals surface area contributed by atoms with Crippen LogP contribution in [0.25, 0.3) is 0 Å². The van der Waals surface area contributed by atoms with Gasteiger partial charge in [-0.15, -0.1) is 0 Å². The largest absolute Gasteiger partial charge is 0.415 e. The zero-order valence-electron chi connectivity index (χ0n) is 8.63. The fraction of sp³-hybridized carbons (Fsp3) is 1.00. The summed E-state index contributed by atoms with van der Waals surface area (Å²) in [5.41, 5.74) is 0. The van der Waals surface area contributed by atoms with Crippen LogP contribution in [-0.2, 0) is 4.74 Å². The van der Waals surface area contributed by atoms with Gasteiger partial charge in [0.1, 0.15) is 0 Å². The minimum absolute atomic E-state index is 0.0178. The maximum Gasteiger partial charge on any atom is 0.415 e. The molecule has 0 aromatic rings. The second-order valence-corrected chi connectivity index (χ2v) is 3.69. The molecule has 6 heteroatoms. The molecule has 0 saturated carbocycles. The molecular formula is C9H16F3NO2. The van der Waals surface area contributed by atoms with Gasteiger partial charge < -0.3 is 9.84 Å². The van der Waals surface area contributed by atoms with Crippen LogP contribution in [0, 0.1) is 0 Å². The average molecular weight is 227 g/mol. The highest BCUT2D eigenvalue weighted by atomic mass is 19.4. The highest BCUT2D eigenvalue weighted by molar-refractivity contribution is 4.78. The lowest BCUT2D eigenvalue weighted by Gasteiger charge is -2.36. The monoisotopic (exact) mass is 227 g/mol. The Morgan fingerprint density at radius 2 is 2.20 bits per heavy atom. The van der Waals surface area contributed by atoms with Gasteiger partial charge in [0.2, 0.25) is 0 Å². The molecule has 1 saturated heterocycles. The van der Waals surface area contributed by atoms with Crippen molar-refractivity contribution in [3.8, 4) is 0 Å². The SMILES string of the molecule is CCC1COCCN1CC(O)C(F)(F)F. The second kappa shape index (κ2) is 5.14. The Morgan fingerprint density at radius 1 is 1.53 bits per heavy atom. The van der Waals surface area contributed by atoms with E-state index in [0.29, 0.717) is 19.8 Å². The van der Waals surface area contributed by atoms with Crippen LogP contribution in [0.2, 0.25) is 0 Å². The molecular weight excluding hydrogens is 211 g/mol. The van der Waals surface area contributed by atoms with Gasteiger partial charge in [0, 0.05) is 19.1 Å². The van der Waals surface area contributed by atoms with E-state index in [2.05, 4.69) is 0 Å². The van der Waals surface area contributed by atoms with Crippen molar-refractivity contribution >= 4 is 0 Å². The number of rotatable bonds is 3. The topological polar surface area (TPSA) is 32.7 Å². The summed E-state index contributed by atoms with van der Waals surface area (Å²) >= 11 is 0. The molecule has 1 rings (SSSR count). The summed E-state index contributed by atoms with van der Waals surface area (Å²) in [4.78, 5) is 1.64. The molecule has 0 radical (unpaired) electrons. The molecule has 2 atom stereocenters. The van der Waals surface area contributed by atoms with Gasteiger partial charge in [-0.1, -0.05) is 6.92 Å². The molecule has 0 bridgehead atoms. The van der Waals surface area contributed by atoms with E-state index < -0.39 is 12.3 Å². The van der Waals surface area contributed by atoms with Crippen molar-refractivity contribution < 1.29 is 23.0 Å². The summed E-state index contributed by atoms with van der Waals surface area (Å²) in [6.07, 6.45) is -6.06. The van der Waals surface area contributed by atoms with Crippen molar-refractivity contribution in [2.24, 2.45) is 0 Å². The van der Waals surface area contributed by atoms with Crippen molar-refractivity contribution in [2.75, 3.05) is 26.3 Å². The normalized spacial score (nSPS) is 26.6. The van der Waals surface area contributed by atoms with Gasteiger partial charge in [-0.05, 0) is 6.42 Å². The van der Waals surface area contributed by atoms with Crippen LogP contribution >= 0.6 is 0 Å². The quantitative estimate of drug-likeness (QED) is 0.781. The number of ether oxygens (including phenoxy) is 1. The molecule has 0 aromatic heterocycles. The molecule has 1 aliphatic heterocycles. The summed E-state index contributed by atoms with van der Waals surface area (Å²) in [6.45, 7) is 2.87. The fourth-order valence-electron chi connectivity index (χ4n) is 1.63. The van der Waals surface area contributed by atoms with Crippen molar-refractivity contribution in [3.05, 3.63) is 0 Å². The van der Waals surface area contributed by atoms with Gasteiger partial charge in [-0.3, -0.25) is 4.90 Å². The molecule has 1 heterocycles. The number of β-amino-alcohol motifs (C(OH)–C–C–N with tert-alkyl or cyclic N) is 1. The number of halogens is 3. The first kappa shape index (κ1) is 12.7. The Kier molecular flexibility index (Phi) is 4.36. The molecule has 1 aliphatic rings. The number of hydrogen-bond acceptors (Lipinski definition) is 3. The molecule has 1 N–H and O–H groups in total. The number of nitrogens with zero attached hydrogens (tertiary/aromatic N) is 1. The summed E-state index contributed by atoms with van der Waals surface area (Å²) < 4.78 is 41.5. The third-order valence-electron chi connectivity index (χ3n) is 2.61. The summed E-state index contributed by atoms with van der Waals surface area (Å²) in [5, 5.41) is 8.94. The molecule has 1 fully saturated rings. The molecule has 0 aliphatic carbocycles. The first-order valence-corrected chi connectivity index (χ1v) is 5.01. The van der Waals surface area contributed by atoms with E-state index in [9.17, 15) is 13.2 Å². The third kappa shape index (κ3) is 3.62. The van der Waals surface area contributed by atoms with E-state index in [1.807, 2.05) is 6.92 Å². The molecule has 0 spiro atoms. The van der Waals surface area contributed by atoms with Gasteiger partial charge in [-0.25, -0.2) is 0 Å². The fourth-order valence-corrected chi connectivity index (χ4v) is 1.63. The maximum absolute atomic E-state index is 12.1. The van der Waals surface area contributed by atoms with Crippen molar-refractivity contribution in [1.82, 2.24) is 4.90 Å². The van der Waals surface area contributed by atoms with Gasteiger partial charge in [0.15, 0.2) is 6.10 Å². The van der Waals surface area contributed by atoms with Crippen LogP contribution in [0.3, 0.4) is 0 Å². The Labute approximate surface area is 86.8 Å². The first-order valence-electron chi connectivity index (χ1n) is 5.01. The van der Waals surface area contributed by atoms with E-state index in [-0.39, 0.29) is 12.6 Å². The zero-order valence-corrected chi connectivity index (χ0v) is 8.63. The maximum atomic E-state index is 12.1. The number of alkyl halides is 3. The van der Waals surface area contributed by atoms with Crippen LogP contribution in [0.5, 0.6) is 0 Å². The Balaban J connectivity index is 2.48. The summed E-state index contributed by atoms with van der Waals surface area (Å²) in [5.74, 6) is 0. The van der Waals surface area contributed by atoms with Crippen LogP contribution in [0.15, 0.2) is 0 Å². The lowest BCUT2D eigenvalue weighted by Crippen LogP contribution is -2.50. The van der Waals surface area contributed by atoms with Crippen molar-refractivity contribution in [2.45, 2.75) is 31.7 Å². The van der Waals surface area contributed by atoms with Crippen LogP contribution < -0.4 is 0 Å². The molecule has 90 valence electrons. The Morgan fingerprint density at radius 3 is 2.73 bits per heavy atom. The molecule has 0 amide bonds. The predicted octanol–water partition coefficient (Wildman–Crippen LogP) is 1.02. The lowest BCUT2D eigenvalue weighted by molar-refractivity contribution is -0.212. The summed E-state index contributed by atoms with van der Waals surface area (Å²) in [6, 6.07) is -0.0178. The Hall–Kier alpha value is -0.330. The minimum atomic E-state index is -4.53. The standard InChI is InChI=1S/C9H16F3NO2/c1-2-7-6-15-4-3-13(7)5-8(14)9(10,11)12/h7-8,14H,2-6H2,1H3. The lowest BCUT2D eigenvalue weighted by atomic mass is 10.1. The van der Waals surface area contributed by atoms with E-state index in [4.69, 9.17) is 9.84 Å². The minimum Gasteiger partial charge on any atom is -0.382 e. The molecule has 2 unspecified atom stereocenters. The highest BCUT2D eigenvalue weighted by Crippen LogP contribution is 2.22. The molecule has 3 nitrogen and oxygen atoms in total. The molecule has 15 heavy (non-hydrogen) atoms.